The van der Waals surface area contributed by atoms with E-state index in [9.17, 15) is 27.1 Å². The van der Waals surface area contributed by atoms with Crippen molar-refractivity contribution in [3.63, 3.8) is 0 Å². The lowest BCUT2D eigenvalue weighted by atomic mass is 10.1. The summed E-state index contributed by atoms with van der Waals surface area (Å²) in [7, 11) is -2.80. The van der Waals surface area contributed by atoms with Crippen molar-refractivity contribution in [3.8, 4) is 0 Å². The first-order valence-corrected chi connectivity index (χ1v) is 11.7. The van der Waals surface area contributed by atoms with Crippen LogP contribution in [0.2, 0.25) is 0 Å². The SMILES string of the molecule is Cn1c(Cc2ccc(I)cc2F)c(NS(=O)(=O)C2(C[C@@H](O)CO)CC2)cc(F)c1=O. The molecule has 3 N–H and O–H groups in total. The third kappa shape index (κ3) is 4.53. The number of halogens is 3. The molecule has 0 spiro atoms. The average molecular weight is 554 g/mol. The molecule has 0 aliphatic heterocycles. The molecule has 1 fully saturated rings. The summed E-state index contributed by atoms with van der Waals surface area (Å²) in [6.07, 6.45) is -0.974. The molecule has 2 aromatic rings. The summed E-state index contributed by atoms with van der Waals surface area (Å²) in [6.45, 7) is -0.580. The van der Waals surface area contributed by atoms with Crippen LogP contribution in [0.15, 0.2) is 29.1 Å². The van der Waals surface area contributed by atoms with Crippen molar-refractivity contribution >= 4 is 38.3 Å². The number of hydrogen-bond donors (Lipinski definition) is 3. The standard InChI is InChI=1S/C19H21F2IN2O5S/c1-24-17(6-11-2-3-12(22)7-14(11)20)16(8-15(21)18(24)27)23-30(28,29)19(4-5-19)9-13(26)10-25/h2-3,7-8,13,23,25-26H,4-6,9-10H2,1H3/t13-/m1/s1. The normalized spacial score (nSPS) is 16.3. The Hall–Kier alpha value is -1.57. The second-order valence-electron chi connectivity index (χ2n) is 7.46. The first-order valence-electron chi connectivity index (χ1n) is 9.13. The van der Waals surface area contributed by atoms with Gasteiger partial charge in [-0.1, -0.05) is 6.07 Å². The number of anilines is 1. The van der Waals surface area contributed by atoms with Crippen molar-refractivity contribution in [2.75, 3.05) is 11.3 Å². The molecule has 3 rings (SSSR count). The number of aliphatic hydroxyl groups is 2. The van der Waals surface area contributed by atoms with Crippen molar-refractivity contribution in [3.05, 3.63) is 61.1 Å². The van der Waals surface area contributed by atoms with Gasteiger partial charge in [-0.3, -0.25) is 9.52 Å². The monoisotopic (exact) mass is 554 g/mol. The molecule has 30 heavy (non-hydrogen) atoms. The van der Waals surface area contributed by atoms with Crippen LogP contribution in [0.3, 0.4) is 0 Å². The van der Waals surface area contributed by atoms with Crippen molar-refractivity contribution in [2.45, 2.75) is 36.5 Å². The lowest BCUT2D eigenvalue weighted by Crippen LogP contribution is -2.35. The fourth-order valence-electron chi connectivity index (χ4n) is 3.35. The highest BCUT2D eigenvalue weighted by Gasteiger charge is 2.55. The molecule has 7 nitrogen and oxygen atoms in total. The van der Waals surface area contributed by atoms with E-state index in [1.807, 2.05) is 22.6 Å². The Morgan fingerprint density at radius 1 is 1.27 bits per heavy atom. The second kappa shape index (κ2) is 8.52. The van der Waals surface area contributed by atoms with Crippen molar-refractivity contribution in [1.29, 1.82) is 0 Å². The fraction of sp³-hybridized carbons (Fsp3) is 0.421. The van der Waals surface area contributed by atoms with Gasteiger partial charge in [0.25, 0.3) is 5.56 Å². The van der Waals surface area contributed by atoms with Gasteiger partial charge in [0, 0.05) is 28.8 Å². The Kier molecular flexibility index (Phi) is 6.56. The van der Waals surface area contributed by atoms with Crippen LogP contribution in [0.25, 0.3) is 0 Å². The Morgan fingerprint density at radius 3 is 2.50 bits per heavy atom. The minimum atomic E-state index is -4.08. The van der Waals surface area contributed by atoms with E-state index in [0.29, 0.717) is 3.57 Å². The highest BCUT2D eigenvalue weighted by molar-refractivity contribution is 14.1. The van der Waals surface area contributed by atoms with E-state index in [-0.39, 0.29) is 42.6 Å². The number of rotatable bonds is 8. The van der Waals surface area contributed by atoms with Crippen LogP contribution in [0, 0.1) is 15.2 Å². The molecule has 1 aliphatic carbocycles. The average Bonchev–Trinajstić information content (AvgIpc) is 3.45. The number of nitrogens with one attached hydrogen (secondary N) is 1. The summed E-state index contributed by atoms with van der Waals surface area (Å²) in [6, 6.07) is 5.28. The first-order chi connectivity index (χ1) is 14.0. The summed E-state index contributed by atoms with van der Waals surface area (Å²) >= 11 is 1.95. The number of aromatic nitrogens is 1. The van der Waals surface area contributed by atoms with Gasteiger partial charge in [-0.15, -0.1) is 0 Å². The molecule has 11 heteroatoms. The number of pyridine rings is 1. The Balaban J connectivity index is 2.01. The van der Waals surface area contributed by atoms with Gasteiger partial charge >= 0.3 is 0 Å². The van der Waals surface area contributed by atoms with E-state index >= 15 is 0 Å². The maximum Gasteiger partial charge on any atom is 0.286 e. The van der Waals surface area contributed by atoms with Crippen molar-refractivity contribution in [2.24, 2.45) is 7.05 Å². The maximum atomic E-state index is 14.3. The highest BCUT2D eigenvalue weighted by Crippen LogP contribution is 2.48. The van der Waals surface area contributed by atoms with E-state index in [0.717, 1.165) is 10.6 Å². The molecule has 1 atom stereocenters. The molecule has 1 aromatic heterocycles. The van der Waals surface area contributed by atoms with Crippen LogP contribution in [-0.4, -0.2) is 40.7 Å². The van der Waals surface area contributed by atoms with E-state index in [4.69, 9.17) is 5.11 Å². The van der Waals surface area contributed by atoms with Crippen LogP contribution in [0.4, 0.5) is 14.5 Å². The Morgan fingerprint density at radius 2 is 1.93 bits per heavy atom. The minimum Gasteiger partial charge on any atom is -0.394 e. The summed E-state index contributed by atoms with van der Waals surface area (Å²) in [5.41, 5.74) is -0.814. The topological polar surface area (TPSA) is 109 Å². The predicted molar refractivity (Wildman–Crippen MR) is 116 cm³/mol. The van der Waals surface area contributed by atoms with Crippen LogP contribution in [0.1, 0.15) is 30.5 Å². The lowest BCUT2D eigenvalue weighted by molar-refractivity contribution is 0.0858. The van der Waals surface area contributed by atoms with E-state index in [1.54, 1.807) is 6.07 Å². The van der Waals surface area contributed by atoms with Crippen LogP contribution < -0.4 is 10.3 Å². The van der Waals surface area contributed by atoms with Gasteiger partial charge in [0.15, 0.2) is 5.82 Å². The zero-order valence-electron chi connectivity index (χ0n) is 16.0. The fourth-order valence-corrected chi connectivity index (χ4v) is 5.54. The number of hydrogen-bond acceptors (Lipinski definition) is 5. The summed E-state index contributed by atoms with van der Waals surface area (Å²) in [5.74, 6) is -1.68. The molecular weight excluding hydrogens is 533 g/mol. The maximum absolute atomic E-state index is 14.3. The smallest absolute Gasteiger partial charge is 0.286 e. The van der Waals surface area contributed by atoms with Gasteiger partial charge in [0.2, 0.25) is 10.0 Å². The van der Waals surface area contributed by atoms with Gasteiger partial charge in [-0.25, -0.2) is 17.2 Å². The summed E-state index contributed by atoms with van der Waals surface area (Å²) < 4.78 is 57.1. The molecule has 1 aromatic carbocycles. The van der Waals surface area contributed by atoms with E-state index < -0.39 is 44.7 Å². The summed E-state index contributed by atoms with van der Waals surface area (Å²) in [5, 5.41) is 18.7. The van der Waals surface area contributed by atoms with Gasteiger partial charge in [0.1, 0.15) is 5.82 Å². The Labute approximate surface area is 185 Å². The van der Waals surface area contributed by atoms with Gasteiger partial charge in [-0.2, -0.15) is 0 Å². The molecular formula is C19H21F2IN2O5S. The lowest BCUT2D eigenvalue weighted by Gasteiger charge is -2.22. The molecule has 1 heterocycles. The predicted octanol–water partition coefficient (Wildman–Crippen LogP) is 1.88. The molecule has 1 aliphatic rings. The van der Waals surface area contributed by atoms with Crippen LogP contribution in [0.5, 0.6) is 0 Å². The third-order valence-electron chi connectivity index (χ3n) is 5.31. The first kappa shape index (κ1) is 23.1. The highest BCUT2D eigenvalue weighted by atomic mass is 127. The van der Waals surface area contributed by atoms with E-state index in [2.05, 4.69) is 4.72 Å². The number of sulfonamides is 1. The number of nitrogens with zero attached hydrogens (tertiary/aromatic N) is 1. The molecule has 0 radical (unpaired) electrons. The van der Waals surface area contributed by atoms with Crippen molar-refractivity contribution in [1.82, 2.24) is 4.57 Å². The van der Waals surface area contributed by atoms with Gasteiger partial charge in [0.05, 0.1) is 23.1 Å². The number of benzene rings is 1. The van der Waals surface area contributed by atoms with Crippen LogP contribution in [-0.2, 0) is 23.5 Å². The second-order valence-corrected chi connectivity index (χ2v) is 10.8. The largest absolute Gasteiger partial charge is 0.394 e. The zero-order chi connectivity index (χ0) is 22.3. The van der Waals surface area contributed by atoms with Gasteiger partial charge < -0.3 is 14.8 Å². The van der Waals surface area contributed by atoms with Crippen LogP contribution >= 0.6 is 22.6 Å². The Bertz CT molecular complexity index is 1130. The minimum absolute atomic E-state index is 0.101. The zero-order valence-corrected chi connectivity index (χ0v) is 19.0. The quantitative estimate of drug-likeness (QED) is 0.432. The van der Waals surface area contributed by atoms with E-state index in [1.165, 1.54) is 19.2 Å². The van der Waals surface area contributed by atoms with Gasteiger partial charge in [-0.05, 0) is 59.5 Å². The number of aliphatic hydroxyl groups excluding tert-OH is 2. The van der Waals surface area contributed by atoms with Crippen molar-refractivity contribution < 1.29 is 27.4 Å². The summed E-state index contributed by atoms with van der Waals surface area (Å²) in [4.78, 5) is 12.1. The molecule has 0 bridgehead atoms. The molecule has 0 amide bonds. The molecule has 164 valence electrons. The molecule has 0 unspecified atom stereocenters. The molecule has 0 saturated heterocycles. The third-order valence-corrected chi connectivity index (χ3v) is 8.18. The molecule has 1 saturated carbocycles.